The summed E-state index contributed by atoms with van der Waals surface area (Å²) < 4.78 is 0. The minimum Gasteiger partial charge on any atom is -0.330 e. The van der Waals surface area contributed by atoms with E-state index in [0.717, 1.165) is 6.42 Å². The molecule has 3 heteroatoms. The zero-order chi connectivity index (χ0) is 5.91. The van der Waals surface area contributed by atoms with E-state index in [0.29, 0.717) is 6.54 Å². The van der Waals surface area contributed by atoms with Crippen molar-refractivity contribution < 1.29 is 0 Å². The van der Waals surface area contributed by atoms with Gasteiger partial charge in [0, 0.05) is 5.54 Å². The Balaban J connectivity index is 0. The van der Waals surface area contributed by atoms with E-state index >= 15 is 0 Å². The van der Waals surface area contributed by atoms with Crippen molar-refractivity contribution in [3.63, 3.8) is 0 Å². The van der Waals surface area contributed by atoms with Gasteiger partial charge in [-0.25, -0.2) is 0 Å². The van der Waals surface area contributed by atoms with E-state index in [2.05, 4.69) is 0 Å². The molecule has 0 amide bonds. The molecule has 0 aliphatic rings. The summed E-state index contributed by atoms with van der Waals surface area (Å²) in [5.74, 6) is 0. The summed E-state index contributed by atoms with van der Waals surface area (Å²) >= 11 is 0. The van der Waals surface area contributed by atoms with Gasteiger partial charge in [-0.3, -0.25) is 0 Å². The second kappa shape index (κ2) is 4.13. The van der Waals surface area contributed by atoms with E-state index in [-0.39, 0.29) is 17.9 Å². The van der Waals surface area contributed by atoms with Crippen LogP contribution in [-0.4, -0.2) is 12.1 Å². The molecular weight excluding hydrogens is 124 g/mol. The van der Waals surface area contributed by atoms with Crippen molar-refractivity contribution in [3.05, 3.63) is 0 Å². The molecule has 0 saturated carbocycles. The lowest BCUT2D eigenvalue weighted by Crippen LogP contribution is -2.34. The summed E-state index contributed by atoms with van der Waals surface area (Å²) in [5, 5.41) is 0. The molecule has 0 saturated heterocycles. The minimum atomic E-state index is -0.0747. The van der Waals surface area contributed by atoms with E-state index < -0.39 is 0 Å². The molecule has 8 heavy (non-hydrogen) atoms. The monoisotopic (exact) mass is 138 g/mol. The van der Waals surface area contributed by atoms with Gasteiger partial charge in [0.1, 0.15) is 0 Å². The Morgan fingerprint density at radius 2 is 1.75 bits per heavy atom. The van der Waals surface area contributed by atoms with Crippen LogP contribution in [0, 0.1) is 0 Å². The fourth-order valence-corrected chi connectivity index (χ4v) is 0.372. The van der Waals surface area contributed by atoms with Crippen LogP contribution >= 0.6 is 12.4 Å². The molecule has 0 atom stereocenters. The predicted octanol–water partition coefficient (Wildman–Crippen LogP) is 0.494. The first-order valence-corrected chi connectivity index (χ1v) is 2.55. The maximum Gasteiger partial charge on any atom is 0.0109 e. The summed E-state index contributed by atoms with van der Waals surface area (Å²) in [4.78, 5) is 0. The van der Waals surface area contributed by atoms with Crippen molar-refractivity contribution in [2.24, 2.45) is 11.5 Å². The smallest absolute Gasteiger partial charge is 0.0109 e. The summed E-state index contributed by atoms with van der Waals surface area (Å²) in [5.41, 5.74) is 10.7. The average molecular weight is 139 g/mol. The molecule has 0 heterocycles. The van der Waals surface area contributed by atoms with Crippen LogP contribution in [0.1, 0.15) is 20.3 Å². The maximum atomic E-state index is 5.57. The lowest BCUT2D eigenvalue weighted by Gasteiger charge is -2.15. The first-order chi connectivity index (χ1) is 3.06. The molecule has 0 aromatic heterocycles. The standard InChI is InChI=1S/C5H14N2.ClH/c1-5(2,7)3-4-6;/h3-4,6-7H2,1-2H3;1H. The molecule has 0 rings (SSSR count). The van der Waals surface area contributed by atoms with E-state index in [4.69, 9.17) is 11.5 Å². The highest BCUT2D eigenvalue weighted by atomic mass is 35.5. The van der Waals surface area contributed by atoms with Gasteiger partial charge in [-0.05, 0) is 26.8 Å². The Kier molecular flexibility index (Phi) is 5.71. The predicted molar refractivity (Wildman–Crippen MR) is 39.2 cm³/mol. The van der Waals surface area contributed by atoms with Crippen LogP contribution < -0.4 is 11.5 Å². The highest BCUT2D eigenvalue weighted by molar-refractivity contribution is 5.85. The van der Waals surface area contributed by atoms with Crippen molar-refractivity contribution in [1.82, 2.24) is 0 Å². The zero-order valence-electron chi connectivity index (χ0n) is 5.48. The topological polar surface area (TPSA) is 52.0 Å². The van der Waals surface area contributed by atoms with Crippen molar-refractivity contribution >= 4 is 12.4 Å². The maximum absolute atomic E-state index is 5.57. The summed E-state index contributed by atoms with van der Waals surface area (Å²) in [6.07, 6.45) is 0.896. The fourth-order valence-electron chi connectivity index (χ4n) is 0.372. The SMILES string of the molecule is CC(C)(N)CCN.Cl. The third-order valence-corrected chi connectivity index (χ3v) is 0.789. The van der Waals surface area contributed by atoms with E-state index in [9.17, 15) is 0 Å². The Hall–Kier alpha value is 0.210. The highest BCUT2D eigenvalue weighted by Crippen LogP contribution is 1.99. The van der Waals surface area contributed by atoms with Crippen LogP contribution in [0.3, 0.4) is 0 Å². The molecule has 52 valence electrons. The van der Waals surface area contributed by atoms with Crippen LogP contribution in [0.15, 0.2) is 0 Å². The van der Waals surface area contributed by atoms with Gasteiger partial charge in [0.05, 0.1) is 0 Å². The Labute approximate surface area is 57.0 Å². The molecule has 0 aromatic carbocycles. The second-order valence-corrected chi connectivity index (χ2v) is 2.53. The molecule has 0 aliphatic heterocycles. The molecule has 4 N–H and O–H groups in total. The molecule has 2 nitrogen and oxygen atoms in total. The van der Waals surface area contributed by atoms with Gasteiger partial charge in [0.25, 0.3) is 0 Å². The molecule has 0 spiro atoms. The largest absolute Gasteiger partial charge is 0.330 e. The highest BCUT2D eigenvalue weighted by Gasteiger charge is 2.06. The second-order valence-electron chi connectivity index (χ2n) is 2.53. The lowest BCUT2D eigenvalue weighted by atomic mass is 10.0. The van der Waals surface area contributed by atoms with Crippen molar-refractivity contribution in [3.8, 4) is 0 Å². The minimum absolute atomic E-state index is 0. The van der Waals surface area contributed by atoms with Crippen LogP contribution in [0.2, 0.25) is 0 Å². The van der Waals surface area contributed by atoms with Crippen molar-refractivity contribution in [2.75, 3.05) is 6.54 Å². The van der Waals surface area contributed by atoms with E-state index in [1.807, 2.05) is 13.8 Å². The van der Waals surface area contributed by atoms with Crippen LogP contribution in [0.5, 0.6) is 0 Å². The fraction of sp³-hybridized carbons (Fsp3) is 1.00. The van der Waals surface area contributed by atoms with E-state index in [1.54, 1.807) is 0 Å². The number of hydrogen-bond donors (Lipinski definition) is 2. The summed E-state index contributed by atoms with van der Waals surface area (Å²) in [7, 11) is 0. The number of hydrogen-bond acceptors (Lipinski definition) is 2. The van der Waals surface area contributed by atoms with Gasteiger partial charge in [0.15, 0.2) is 0 Å². The normalized spacial score (nSPS) is 10.5. The first kappa shape index (κ1) is 11.1. The van der Waals surface area contributed by atoms with E-state index in [1.165, 1.54) is 0 Å². The Morgan fingerprint density at radius 3 is 1.75 bits per heavy atom. The summed E-state index contributed by atoms with van der Waals surface area (Å²) in [6.45, 7) is 4.63. The van der Waals surface area contributed by atoms with Gasteiger partial charge in [0.2, 0.25) is 0 Å². The molecular formula is C5H15ClN2. The molecule has 0 aromatic rings. The quantitative estimate of drug-likeness (QED) is 0.584. The van der Waals surface area contributed by atoms with Crippen LogP contribution in [-0.2, 0) is 0 Å². The number of nitrogens with two attached hydrogens (primary N) is 2. The van der Waals surface area contributed by atoms with Gasteiger partial charge in [-0.1, -0.05) is 0 Å². The number of rotatable bonds is 2. The molecule has 0 fully saturated rings. The van der Waals surface area contributed by atoms with Gasteiger partial charge in [-0.2, -0.15) is 0 Å². The Bertz CT molecular complexity index is 48.9. The van der Waals surface area contributed by atoms with Gasteiger partial charge < -0.3 is 11.5 Å². The van der Waals surface area contributed by atoms with Gasteiger partial charge in [-0.15, -0.1) is 12.4 Å². The van der Waals surface area contributed by atoms with Gasteiger partial charge >= 0.3 is 0 Å². The van der Waals surface area contributed by atoms with Crippen LogP contribution in [0.4, 0.5) is 0 Å². The van der Waals surface area contributed by atoms with Crippen LogP contribution in [0.25, 0.3) is 0 Å². The lowest BCUT2D eigenvalue weighted by molar-refractivity contribution is 0.484. The third-order valence-electron chi connectivity index (χ3n) is 0.789. The Morgan fingerprint density at radius 1 is 1.38 bits per heavy atom. The summed E-state index contributed by atoms with van der Waals surface area (Å²) in [6, 6.07) is 0. The van der Waals surface area contributed by atoms with Crippen molar-refractivity contribution in [2.45, 2.75) is 25.8 Å². The average Bonchev–Trinajstić information content (AvgIpc) is 1.30. The molecule has 0 radical (unpaired) electrons. The zero-order valence-corrected chi connectivity index (χ0v) is 6.29. The molecule has 0 bridgehead atoms. The number of halogens is 1. The molecule has 0 aliphatic carbocycles. The molecule has 0 unspecified atom stereocenters. The third kappa shape index (κ3) is 9.51. The van der Waals surface area contributed by atoms with Crippen molar-refractivity contribution in [1.29, 1.82) is 0 Å². The first-order valence-electron chi connectivity index (χ1n) is 2.55.